The van der Waals surface area contributed by atoms with E-state index < -0.39 is 0 Å². The monoisotopic (exact) mass is 768 g/mol. The van der Waals surface area contributed by atoms with Gasteiger partial charge in [-0.25, -0.2) is 6.08 Å². The van der Waals surface area contributed by atoms with Crippen molar-refractivity contribution in [2.45, 2.75) is 166 Å². The van der Waals surface area contributed by atoms with Crippen LogP contribution in [0.15, 0.2) is 48.1 Å². The van der Waals surface area contributed by atoms with Crippen LogP contribution >= 0.6 is 0 Å². The molecule has 0 aromatic heterocycles. The van der Waals surface area contributed by atoms with Gasteiger partial charge in [-0.1, -0.05) is 176 Å². The summed E-state index contributed by atoms with van der Waals surface area (Å²) < 4.78 is 1.51. The summed E-state index contributed by atoms with van der Waals surface area (Å²) in [6, 6.07) is 12.3. The first-order valence-corrected chi connectivity index (χ1v) is 19.0. The van der Waals surface area contributed by atoms with Gasteiger partial charge in [0.15, 0.2) is 0 Å². The zero-order valence-corrected chi connectivity index (χ0v) is 38.0. The van der Waals surface area contributed by atoms with E-state index in [2.05, 4.69) is 173 Å². The van der Waals surface area contributed by atoms with Crippen LogP contribution in [0.1, 0.15) is 166 Å². The normalized spacial score (nSPS) is 15.2. The van der Waals surface area contributed by atoms with Crippen molar-refractivity contribution in [2.24, 2.45) is 11.3 Å². The predicted octanol–water partition coefficient (Wildman–Crippen LogP) is 7.79. The largest absolute Gasteiger partial charge is 1.00 e. The minimum absolute atomic E-state index is 0. The number of halogens is 2. The van der Waals surface area contributed by atoms with E-state index in [4.69, 9.17) is 0 Å². The van der Waals surface area contributed by atoms with E-state index in [1.165, 1.54) is 71.8 Å². The average molecular weight is 771 g/mol. The first-order valence-electron chi connectivity index (χ1n) is 17.7. The summed E-state index contributed by atoms with van der Waals surface area (Å²) in [6.45, 7) is 41.3. The summed E-state index contributed by atoms with van der Waals surface area (Å²) in [5.74, 6) is 0.592. The van der Waals surface area contributed by atoms with E-state index >= 15 is 0 Å². The molecule has 3 aromatic rings. The zero-order valence-electron chi connectivity index (χ0n) is 34.0. The van der Waals surface area contributed by atoms with Crippen LogP contribution in [-0.2, 0) is 45.9 Å². The molecule has 1 atom stereocenters. The fraction of sp³-hybridized carbons (Fsp3) is 0.600. The maximum atomic E-state index is 3.43. The molecule has 0 saturated heterocycles. The second-order valence-electron chi connectivity index (χ2n) is 19.0. The van der Waals surface area contributed by atoms with Crippen molar-refractivity contribution in [3.63, 3.8) is 0 Å². The van der Waals surface area contributed by atoms with Crippen LogP contribution in [0, 0.1) is 17.4 Å². The molecule has 0 N–H and O–H groups in total. The fourth-order valence-electron chi connectivity index (χ4n) is 6.15. The van der Waals surface area contributed by atoms with Crippen molar-refractivity contribution < 1.29 is 49.0 Å². The molecule has 48 heavy (non-hydrogen) atoms. The van der Waals surface area contributed by atoms with E-state index in [-0.39, 0.29) is 46.5 Å². The molecule has 3 aromatic carbocycles. The Morgan fingerprint density at radius 1 is 0.625 bits per heavy atom. The van der Waals surface area contributed by atoms with Gasteiger partial charge in [0.05, 0.1) is 0 Å². The van der Waals surface area contributed by atoms with E-state index in [1.54, 1.807) is 24.2 Å². The molecule has 0 spiro atoms. The molecule has 4 rings (SSSR count). The molecule has 0 radical (unpaired) electrons. The molecule has 1 aliphatic rings. The molecule has 0 heterocycles. The van der Waals surface area contributed by atoms with Crippen LogP contribution in [0.4, 0.5) is 0 Å². The molecule has 3 heteroatoms. The van der Waals surface area contributed by atoms with Crippen LogP contribution in [0.3, 0.4) is 0 Å². The Bertz CT molecular complexity index is 1470. The first kappa shape index (κ1) is 47.1. The Morgan fingerprint density at radius 2 is 0.958 bits per heavy atom. The van der Waals surface area contributed by atoms with E-state index in [0.29, 0.717) is 11.3 Å². The van der Waals surface area contributed by atoms with Gasteiger partial charge in [-0.2, -0.15) is 11.6 Å². The smallest absolute Gasteiger partial charge is 1.00 e. The van der Waals surface area contributed by atoms with Crippen molar-refractivity contribution in [3.8, 4) is 0 Å². The van der Waals surface area contributed by atoms with Crippen LogP contribution in [0.25, 0.3) is 21.5 Å². The quantitative estimate of drug-likeness (QED) is 0.239. The van der Waals surface area contributed by atoms with Gasteiger partial charge in [-0.3, -0.25) is 6.08 Å². The van der Waals surface area contributed by atoms with Crippen LogP contribution < -0.4 is 24.8 Å². The van der Waals surface area contributed by atoms with Crippen molar-refractivity contribution in [2.75, 3.05) is 0 Å². The molecule has 0 saturated carbocycles. The minimum Gasteiger partial charge on any atom is -1.00 e. The Labute approximate surface area is 324 Å². The number of rotatable bonds is 3. The summed E-state index contributed by atoms with van der Waals surface area (Å²) >= 11 is 1.55. The molecule has 0 amide bonds. The van der Waals surface area contributed by atoms with Crippen LogP contribution in [-0.4, -0.2) is 3.21 Å². The molecular weight excluding hydrogens is 703 g/mol. The Hall–Kier alpha value is -0.877. The van der Waals surface area contributed by atoms with Gasteiger partial charge in [0.1, 0.15) is 0 Å². The number of hydrogen-bond acceptors (Lipinski definition) is 0. The first-order chi connectivity index (χ1) is 20.7. The molecule has 268 valence electrons. The molecule has 1 aliphatic carbocycles. The summed E-state index contributed by atoms with van der Waals surface area (Å²) in [7, 11) is 0. The minimum atomic E-state index is 0. The molecule has 0 bridgehead atoms. The number of benzene rings is 2. The number of fused-ring (bicyclic) bond motifs is 3. The fourth-order valence-corrected chi connectivity index (χ4v) is 6.15. The van der Waals surface area contributed by atoms with Crippen molar-refractivity contribution in [3.05, 3.63) is 76.4 Å². The van der Waals surface area contributed by atoms with Gasteiger partial charge in [0, 0.05) is 0 Å². The molecule has 1 unspecified atom stereocenters. The average Bonchev–Trinajstić information content (AvgIpc) is 3.48. The van der Waals surface area contributed by atoms with Gasteiger partial charge in [0.2, 0.25) is 0 Å². The van der Waals surface area contributed by atoms with E-state index in [0.717, 1.165) is 0 Å². The second kappa shape index (κ2) is 17.6. The molecule has 0 nitrogen and oxygen atoms in total. The van der Waals surface area contributed by atoms with Crippen LogP contribution in [0.2, 0.25) is 0 Å². The van der Waals surface area contributed by atoms with E-state index in [9.17, 15) is 0 Å². The van der Waals surface area contributed by atoms with Gasteiger partial charge in [0.25, 0.3) is 0 Å². The van der Waals surface area contributed by atoms with Gasteiger partial charge in [-0.05, 0) is 21.7 Å². The van der Waals surface area contributed by atoms with E-state index in [1.807, 2.05) is 0 Å². The van der Waals surface area contributed by atoms with Crippen molar-refractivity contribution in [1.82, 2.24) is 0 Å². The topological polar surface area (TPSA) is 0 Å². The maximum Gasteiger partial charge on any atom is -1.00 e. The van der Waals surface area contributed by atoms with Crippen molar-refractivity contribution >= 4 is 24.8 Å². The molecule has 0 aliphatic heterocycles. The number of unbranched alkanes of at least 4 members (excludes halogenated alkanes) is 1. The Balaban J connectivity index is 0.000000973. The molecule has 0 fully saturated rings. The summed E-state index contributed by atoms with van der Waals surface area (Å²) in [6.07, 6.45) is 11.9. The van der Waals surface area contributed by atoms with Gasteiger partial charge >= 0.3 is 41.3 Å². The van der Waals surface area contributed by atoms with Gasteiger partial charge in [-0.15, -0.1) is 39.7 Å². The third kappa shape index (κ3) is 13.0. The predicted molar refractivity (Wildman–Crippen MR) is 207 cm³/mol. The van der Waals surface area contributed by atoms with Crippen molar-refractivity contribution in [1.29, 1.82) is 0 Å². The molecular formula is C45H68Cl2Zr-2. The Kier molecular flexibility index (Phi) is 17.2. The summed E-state index contributed by atoms with van der Waals surface area (Å²) in [4.78, 5) is 0. The summed E-state index contributed by atoms with van der Waals surface area (Å²) in [5.41, 5.74) is 8.16. The third-order valence-electron chi connectivity index (χ3n) is 8.78. The maximum absolute atomic E-state index is 3.43. The second-order valence-corrected chi connectivity index (χ2v) is 21.5. The SMILES string of the molecule is CC(C)(C)c1cc2[cH-]c3cc(C(C)(C)C)c(C(C)(C)C)cc3c2cc1C(C)(C)C.CCCCC1[C-]=CC(C(C)(C)C)=C1.C[C](C)=[Zr+2].[Cl-].[Cl-]. The van der Waals surface area contributed by atoms with Crippen LogP contribution in [0.5, 0.6) is 0 Å². The third-order valence-corrected chi connectivity index (χ3v) is 8.78. The zero-order chi connectivity index (χ0) is 35.6. The number of hydrogen-bond donors (Lipinski definition) is 0. The van der Waals surface area contributed by atoms with Gasteiger partial charge < -0.3 is 24.8 Å². The standard InChI is InChI=1S/C29H41.C13H21.C3H6.2ClH.Zr/c1-26(2,3)22-14-18-13-19-15-23(27(4,5)6)25(29(10,11)12)17-21(19)20(18)16-24(22)28(7,8)9;1-5-6-7-11-8-9-12(10-11)13(2,3)4;1-3-2;;;/h13-17H,1-12H3;9-11H,5-7H2,1-4H3;1-2H3;2*1H;/q2*-1;;;;+2/p-2. The Morgan fingerprint density at radius 3 is 1.23 bits per heavy atom. The summed E-state index contributed by atoms with van der Waals surface area (Å²) in [5, 5.41) is 5.57. The number of allylic oxidation sites excluding steroid dienone is 4.